The Morgan fingerprint density at radius 2 is 1.63 bits per heavy atom. The van der Waals surface area contributed by atoms with Crippen LogP contribution in [-0.4, -0.2) is 69.5 Å². The molecule has 1 N–H and O–H groups in total. The minimum atomic E-state index is -0.727. The number of rotatable bonds is 9. The quantitative estimate of drug-likeness (QED) is 0.365. The van der Waals surface area contributed by atoms with Gasteiger partial charge in [-0.05, 0) is 28.8 Å². The molecule has 2 fully saturated rings. The maximum atomic E-state index is 13.9. The predicted molar refractivity (Wildman–Crippen MR) is 159 cm³/mol. The molecule has 0 unspecified atom stereocenters. The van der Waals surface area contributed by atoms with Crippen LogP contribution in [0.1, 0.15) is 16.7 Å². The lowest BCUT2D eigenvalue weighted by Crippen LogP contribution is -2.66. The zero-order valence-electron chi connectivity index (χ0n) is 22.5. The van der Waals surface area contributed by atoms with Crippen molar-refractivity contribution in [2.45, 2.75) is 31.7 Å². The van der Waals surface area contributed by atoms with Gasteiger partial charge in [0, 0.05) is 19.5 Å². The summed E-state index contributed by atoms with van der Waals surface area (Å²) in [4.78, 5) is 44.2. The van der Waals surface area contributed by atoms with E-state index in [1.807, 2.05) is 66.7 Å². The van der Waals surface area contributed by atoms with Crippen molar-refractivity contribution in [3.05, 3.63) is 118 Å². The molecule has 10 heteroatoms. The number of hydrazine groups is 1. The summed E-state index contributed by atoms with van der Waals surface area (Å²) < 4.78 is 0. The molecule has 0 bridgehead atoms. The lowest BCUT2D eigenvalue weighted by Gasteiger charge is -2.46. The average molecular weight is 593 g/mol. The third-order valence-electron chi connectivity index (χ3n) is 7.33. The first kappa shape index (κ1) is 28.7. The summed E-state index contributed by atoms with van der Waals surface area (Å²) in [7, 11) is 0. The van der Waals surface area contributed by atoms with E-state index in [1.54, 1.807) is 33.0 Å². The monoisotopic (exact) mass is 591 g/mol. The van der Waals surface area contributed by atoms with E-state index in [2.05, 4.69) is 11.9 Å². The maximum absolute atomic E-state index is 13.9. The predicted octanol–water partition coefficient (Wildman–Crippen LogP) is 4.73. The molecule has 0 radical (unpaired) electrons. The van der Waals surface area contributed by atoms with Crippen molar-refractivity contribution in [3.8, 4) is 0 Å². The van der Waals surface area contributed by atoms with Crippen LogP contribution in [0.3, 0.4) is 0 Å². The van der Waals surface area contributed by atoms with Gasteiger partial charge in [0.15, 0.2) is 0 Å². The fourth-order valence-electron chi connectivity index (χ4n) is 5.38. The van der Waals surface area contributed by atoms with Crippen molar-refractivity contribution in [2.24, 2.45) is 0 Å². The highest BCUT2D eigenvalue weighted by Gasteiger charge is 2.52. The molecule has 4 amide bonds. The molecule has 0 aromatic heterocycles. The molecule has 2 saturated heterocycles. The first-order valence-electron chi connectivity index (χ1n) is 13.4. The number of nitrogens with zero attached hydrogens (tertiary/aromatic N) is 4. The molecule has 5 rings (SSSR count). The lowest BCUT2D eigenvalue weighted by molar-refractivity contribution is -0.157. The molecule has 2 atom stereocenters. The van der Waals surface area contributed by atoms with Crippen LogP contribution in [0.5, 0.6) is 0 Å². The Morgan fingerprint density at radius 3 is 2.29 bits per heavy atom. The van der Waals surface area contributed by atoms with Crippen molar-refractivity contribution < 1.29 is 14.4 Å². The van der Waals surface area contributed by atoms with Crippen LogP contribution in [0.15, 0.2) is 91.5 Å². The Kier molecular flexibility index (Phi) is 8.93. The number of halogens is 2. The minimum Gasteiger partial charge on any atom is -0.333 e. The van der Waals surface area contributed by atoms with E-state index in [1.165, 1.54) is 5.01 Å². The zero-order chi connectivity index (χ0) is 28.9. The number of hydrogen-bond acceptors (Lipinski definition) is 4. The zero-order valence-corrected chi connectivity index (χ0v) is 24.0. The highest BCUT2D eigenvalue weighted by atomic mass is 35.5. The Hall–Kier alpha value is -3.85. The third-order valence-corrected chi connectivity index (χ3v) is 8.07. The first-order valence-corrected chi connectivity index (χ1v) is 14.2. The van der Waals surface area contributed by atoms with Crippen LogP contribution in [0, 0.1) is 0 Å². The second-order valence-electron chi connectivity index (χ2n) is 10.1. The molecule has 8 nitrogen and oxygen atoms in total. The molecule has 41 heavy (non-hydrogen) atoms. The molecule has 2 aliphatic rings. The largest absolute Gasteiger partial charge is 0.333 e. The Bertz CT molecular complexity index is 1420. The highest BCUT2D eigenvalue weighted by Crippen LogP contribution is 2.31. The van der Waals surface area contributed by atoms with E-state index in [-0.39, 0.29) is 44.0 Å². The normalized spacial score (nSPS) is 18.8. The van der Waals surface area contributed by atoms with E-state index in [4.69, 9.17) is 23.2 Å². The number of carbonyl (C=O) groups is 3. The summed E-state index contributed by atoms with van der Waals surface area (Å²) in [6, 6.07) is 23.4. The third kappa shape index (κ3) is 6.40. The topological polar surface area (TPSA) is 76.2 Å². The van der Waals surface area contributed by atoms with Gasteiger partial charge in [-0.3, -0.25) is 14.6 Å². The number of fused-ring (bicyclic) bond motifs is 1. The van der Waals surface area contributed by atoms with Gasteiger partial charge < -0.3 is 15.1 Å². The van der Waals surface area contributed by atoms with Gasteiger partial charge in [0.1, 0.15) is 12.2 Å². The molecule has 0 saturated carbocycles. The summed E-state index contributed by atoms with van der Waals surface area (Å²) in [5.41, 5.74) is 2.72. The van der Waals surface area contributed by atoms with Gasteiger partial charge in [-0.2, -0.15) is 5.01 Å². The lowest BCUT2D eigenvalue weighted by atomic mass is 10.00. The minimum absolute atomic E-state index is 0.0313. The summed E-state index contributed by atoms with van der Waals surface area (Å²) in [6.45, 7) is 4.84. The van der Waals surface area contributed by atoms with Crippen molar-refractivity contribution in [2.75, 3.05) is 19.6 Å². The average Bonchev–Trinajstić information content (AvgIpc) is 3.30. The molecule has 0 aliphatic carbocycles. The molecule has 212 valence electrons. The number of benzene rings is 3. The molecular formula is C31H31Cl2N5O3. The van der Waals surface area contributed by atoms with Gasteiger partial charge >= 0.3 is 6.03 Å². The van der Waals surface area contributed by atoms with Gasteiger partial charge in [0.05, 0.1) is 29.7 Å². The number of hydrogen-bond donors (Lipinski definition) is 1. The second kappa shape index (κ2) is 12.8. The van der Waals surface area contributed by atoms with Gasteiger partial charge in [-0.15, -0.1) is 6.58 Å². The summed E-state index contributed by atoms with van der Waals surface area (Å²) in [6.07, 6.45) is 1.44. The Morgan fingerprint density at radius 1 is 0.951 bits per heavy atom. The van der Waals surface area contributed by atoms with Crippen LogP contribution in [0.2, 0.25) is 10.0 Å². The van der Waals surface area contributed by atoms with Crippen molar-refractivity contribution in [3.63, 3.8) is 0 Å². The van der Waals surface area contributed by atoms with E-state index < -0.39 is 12.2 Å². The maximum Gasteiger partial charge on any atom is 0.332 e. The summed E-state index contributed by atoms with van der Waals surface area (Å²) >= 11 is 12.4. The highest BCUT2D eigenvalue weighted by molar-refractivity contribution is 6.42. The van der Waals surface area contributed by atoms with Crippen LogP contribution >= 0.6 is 23.2 Å². The van der Waals surface area contributed by atoms with Crippen LogP contribution in [-0.2, 0) is 29.1 Å². The van der Waals surface area contributed by atoms with Gasteiger partial charge in [-0.25, -0.2) is 4.79 Å². The first-order chi connectivity index (χ1) is 19.9. The van der Waals surface area contributed by atoms with Crippen LogP contribution < -0.4 is 5.32 Å². The number of urea groups is 1. The molecule has 2 aliphatic heterocycles. The standard InChI is InChI=1S/C31H31Cl2N5O3/c1-2-15-36(31(41)34-18-23-11-7-4-8-12-23)37-21-29(39)38-27(17-22-9-5-3-6-10-22)30(40)35(20-28(37)38)19-24-13-14-25(32)26(33)16-24/h2-14,16,27-28H,1,15,17-21H2,(H,34,41)/t27-,28+/m0/s1. The van der Waals surface area contributed by atoms with Gasteiger partial charge in [0.2, 0.25) is 11.8 Å². The van der Waals surface area contributed by atoms with Gasteiger partial charge in [-0.1, -0.05) is 96.0 Å². The van der Waals surface area contributed by atoms with Crippen molar-refractivity contribution in [1.29, 1.82) is 0 Å². The molecule has 3 aromatic rings. The van der Waals surface area contributed by atoms with E-state index in [9.17, 15) is 14.4 Å². The van der Waals surface area contributed by atoms with Crippen LogP contribution in [0.4, 0.5) is 4.79 Å². The molecular weight excluding hydrogens is 561 g/mol. The van der Waals surface area contributed by atoms with Gasteiger partial charge in [0.25, 0.3) is 0 Å². The summed E-state index contributed by atoms with van der Waals surface area (Å²) in [5, 5.41) is 7.04. The second-order valence-corrected chi connectivity index (χ2v) is 10.9. The van der Waals surface area contributed by atoms with Crippen molar-refractivity contribution in [1.82, 2.24) is 25.1 Å². The molecule has 2 heterocycles. The fourth-order valence-corrected chi connectivity index (χ4v) is 5.70. The Labute approximate surface area is 249 Å². The van der Waals surface area contributed by atoms with E-state index in [0.29, 0.717) is 23.0 Å². The number of amides is 4. The smallest absolute Gasteiger partial charge is 0.332 e. The summed E-state index contributed by atoms with van der Waals surface area (Å²) in [5.74, 6) is -0.362. The van der Waals surface area contributed by atoms with E-state index in [0.717, 1.165) is 16.7 Å². The number of carbonyl (C=O) groups excluding carboxylic acids is 3. The number of nitrogens with one attached hydrogen (secondary N) is 1. The van der Waals surface area contributed by atoms with Crippen LogP contribution in [0.25, 0.3) is 0 Å². The number of piperazine rings is 1. The molecule has 3 aromatic carbocycles. The fraction of sp³-hybridized carbons (Fsp3) is 0.258. The van der Waals surface area contributed by atoms with Crippen molar-refractivity contribution >= 4 is 41.0 Å². The SMILES string of the molecule is C=CCN(C(=O)NCc1ccccc1)N1CC(=O)N2[C@@H](Cc3ccccc3)C(=O)N(Cc3ccc(Cl)c(Cl)c3)C[C@@H]21. The van der Waals surface area contributed by atoms with E-state index >= 15 is 0 Å². The molecule has 0 spiro atoms. The Balaban J connectivity index is 1.43.